The van der Waals surface area contributed by atoms with Crippen LogP contribution in [0.5, 0.6) is 46.0 Å². The number of phenolic OH excluding ortho intramolecular Hbond substituents is 3. The zero-order valence-electron chi connectivity index (χ0n) is 68.5. The molecule has 0 aliphatic carbocycles. The Labute approximate surface area is 743 Å². The van der Waals surface area contributed by atoms with Gasteiger partial charge in [0.25, 0.3) is 5.91 Å². The first-order chi connectivity index (χ1) is 60.3. The van der Waals surface area contributed by atoms with Crippen molar-refractivity contribution >= 4 is 105 Å². The van der Waals surface area contributed by atoms with Gasteiger partial charge in [-0.25, -0.2) is 10.3 Å². The van der Waals surface area contributed by atoms with Crippen LogP contribution in [0.15, 0.2) is 114 Å². The zero-order valence-corrected chi connectivity index (χ0v) is 71.5. The van der Waals surface area contributed by atoms with E-state index in [9.17, 15) is 69.9 Å². The number of carbonyl (C=O) groups is 9. The maximum Gasteiger partial charge on any atom is 0.349 e. The van der Waals surface area contributed by atoms with Crippen molar-refractivity contribution in [1.29, 1.82) is 0 Å². The van der Waals surface area contributed by atoms with Crippen molar-refractivity contribution in [2.24, 2.45) is 11.7 Å². The molecule has 44 heteroatoms. The predicted octanol–water partition coefficient (Wildman–Crippen LogP) is 2.09. The summed E-state index contributed by atoms with van der Waals surface area (Å²) < 4.78 is 45.7. The van der Waals surface area contributed by atoms with Gasteiger partial charge in [0.15, 0.2) is 23.9 Å². The average molecular weight is 1850 g/mol. The lowest BCUT2D eigenvalue weighted by Gasteiger charge is -2.48. The molecule has 14 rings (SSSR count). The number of fused-ring (bicyclic) bond motifs is 15. The number of benzene rings is 6. The first-order valence-electron chi connectivity index (χ1n) is 39.8. The molecule has 3 unspecified atom stereocenters. The van der Waals surface area contributed by atoms with Gasteiger partial charge in [0.2, 0.25) is 59.3 Å². The van der Waals surface area contributed by atoms with Gasteiger partial charge in [0.1, 0.15) is 101 Å². The number of likely N-dealkylation sites (N-methyl/N-ethyl adjacent to an activating group) is 1. The number of primary amides is 1. The van der Waals surface area contributed by atoms with E-state index in [0.29, 0.717) is 10.6 Å². The fourth-order valence-corrected chi connectivity index (χ4v) is 15.9. The van der Waals surface area contributed by atoms with Gasteiger partial charge in [-0.05, 0) is 139 Å². The number of nitrogens with zero attached hydrogens (tertiary/aromatic N) is 2. The van der Waals surface area contributed by atoms with Crippen LogP contribution >= 0.6 is 46.4 Å². The molecule has 0 saturated carbocycles. The summed E-state index contributed by atoms with van der Waals surface area (Å²) in [6, 6.07) is 5.50. The van der Waals surface area contributed by atoms with E-state index in [0.717, 1.165) is 66.7 Å². The molecule has 0 radical (unpaired) electrons. The number of aliphatic hydroxyl groups is 6. The average Bonchev–Trinajstić information content (AvgIpc) is 0.766. The van der Waals surface area contributed by atoms with Crippen LogP contribution in [0.25, 0.3) is 11.1 Å². The Kier molecular flexibility index (Phi) is 30.6. The fourth-order valence-electron chi connectivity index (χ4n) is 15.1. The number of nitrogens with two attached hydrogens (primary N) is 1. The minimum absolute atomic E-state index is 0.0422. The molecule has 680 valence electrons. The lowest BCUT2D eigenvalue weighted by molar-refractivity contribution is -0.334. The van der Waals surface area contributed by atoms with Gasteiger partial charge in [-0.15, -0.1) is 0 Å². The number of phenols is 3. The van der Waals surface area contributed by atoms with E-state index in [2.05, 4.69) is 58.3 Å². The lowest BCUT2D eigenvalue weighted by atomic mass is 9.85. The summed E-state index contributed by atoms with van der Waals surface area (Å²) in [7, 11) is 2.80. The first kappa shape index (κ1) is 95.0. The second-order valence-corrected chi connectivity index (χ2v) is 32.9. The molecule has 127 heavy (non-hydrogen) atoms. The van der Waals surface area contributed by atoms with Gasteiger partial charge in [0, 0.05) is 55.5 Å². The third kappa shape index (κ3) is 22.0. The number of hydroxylamine groups is 1. The number of methoxy groups -OCH3 is 1. The Bertz CT molecular complexity index is 5410. The predicted molar refractivity (Wildman–Crippen MR) is 449 cm³/mol. The molecule has 7 aliphatic rings. The minimum Gasteiger partial charge on any atom is -0.508 e. The highest BCUT2D eigenvalue weighted by atomic mass is 35.5. The van der Waals surface area contributed by atoms with Crippen molar-refractivity contribution < 1.29 is 127 Å². The molecule has 21 N–H and O–H groups in total. The smallest absolute Gasteiger partial charge is 0.349 e. The number of aromatic hydroxyl groups is 3. The number of anilines is 1. The highest BCUT2D eigenvalue weighted by molar-refractivity contribution is 6.42. The summed E-state index contributed by atoms with van der Waals surface area (Å²) in [5.41, 5.74) is 3.58. The number of carbonyl (C=O) groups excluding carboxylic acids is 9. The number of ether oxygens (including phenoxy) is 7. The second kappa shape index (κ2) is 40.9. The maximum absolute atomic E-state index is 16.4. The molecular formula is C83H93Cl4N13O27. The molecule has 9 amide bonds. The van der Waals surface area contributed by atoms with Gasteiger partial charge in [-0.2, -0.15) is 4.98 Å². The molecule has 8 heterocycles. The normalized spacial score (nSPS) is 25.7. The number of hydrogen-bond acceptors (Lipinski definition) is 30. The van der Waals surface area contributed by atoms with Crippen LogP contribution in [0.3, 0.4) is 0 Å². The number of rotatable bonds is 24. The van der Waals surface area contributed by atoms with Crippen LogP contribution in [0, 0.1) is 5.92 Å². The van der Waals surface area contributed by atoms with E-state index in [1.165, 1.54) is 62.2 Å². The SMILES string of the molecule is CN[C@H](CC(C)C)C(=O)N[C@H]1C(=O)NC(CC(N)=O)C(=O)NC2C(=O)N[C@H]3C(=O)N[C@H](C(=O)N[C@@H](C(=O)NOCCOC)c4cc(O)cc(O)c4-c4cc3ccc4O)[C@H](O)c3ccc(c(Cl)c3)Oc3cc2cc(c3O[C@@H]2O[C@H](CO)[C@@H](O)[C@H](O)[C@H]2O[C@H]2C[C@](C)(NCCn3ccc(NC(=O)Cc4ccc(Cl)c(Cl)c4)nc3=O)[C@H](O)C(C)O2)Oc2ccc(cc2Cl)[C@H]1O. The number of aliphatic hydroxyl groups excluding tert-OH is 6. The van der Waals surface area contributed by atoms with E-state index in [1.807, 2.05) is 13.8 Å². The Morgan fingerprint density at radius 1 is 0.701 bits per heavy atom. The Morgan fingerprint density at radius 3 is 2.00 bits per heavy atom. The number of nitrogens with one attached hydrogen (secondary N) is 10. The number of aromatic nitrogens is 2. The topological polar surface area (TPSA) is 591 Å². The van der Waals surface area contributed by atoms with Crippen molar-refractivity contribution in [2.45, 2.75) is 169 Å². The summed E-state index contributed by atoms with van der Waals surface area (Å²) in [6.07, 6.45) is -18.3. The molecule has 6 aromatic carbocycles. The molecular weight excluding hydrogens is 1750 g/mol. The van der Waals surface area contributed by atoms with Crippen LogP contribution in [-0.2, 0) is 79.9 Å². The van der Waals surface area contributed by atoms with Crippen LogP contribution in [0.2, 0.25) is 20.1 Å². The fraction of sp³-hybridized carbons (Fsp3) is 0.410. The number of amides is 9. The van der Waals surface area contributed by atoms with Crippen LogP contribution in [-0.4, -0.2) is 228 Å². The number of halogens is 4. The standard InChI is InChI=1S/C83H93Cl4N13O27/c1-34(2)21-48(89-5)74(112)97-65-67(107)38-9-13-52(46(86)25-38)123-54-27-40-28-55(71(54)127-81-72(70(110)69(109)56(33-101)125-81)126-60-32-83(4,73(111)35(3)122-60)90-16-18-100-17-15-58(93-82(100)119)92-59(106)23-36-7-11-44(84)45(85)22-36)124-53-14-10-39(26-47(53)87)68(108)66-79(117)96-64(80(118)99-121-20-19-120-6)43-29-41(102)30-51(104)61(43)42-24-37(8-12-50(42)103)62(76(114)98-66)95-77(115)63(40)94-75(113)49(31-57(88)105)91-78(65)116/h7-15,17,22,24-30,34-35,48-49,56,60,62-70,72-73,81,89-90,101-104,107-111H,16,18-21,23,31-33H2,1-6H3,(H2,88,105)(H,91,116)(H,94,113)(H,95,115)(H,96,117)(H,97,112)(H,98,114)(H,99,118)(H,92,93,106,119)/t35?,48-,49?,56-,60+,62-,63?,64-,65-,66+,67-,68-,69-,70+,72-,73-,81+,83+/m1/s1. The van der Waals surface area contributed by atoms with Crippen molar-refractivity contribution in [2.75, 3.05) is 45.8 Å². The van der Waals surface area contributed by atoms with Crippen molar-refractivity contribution in [3.8, 4) is 57.1 Å². The van der Waals surface area contributed by atoms with Gasteiger partial charge in [-0.3, -0.25) is 52.6 Å². The summed E-state index contributed by atoms with van der Waals surface area (Å²) in [6.45, 7) is 5.22. The second-order valence-electron chi connectivity index (χ2n) is 31.3. The monoisotopic (exact) mass is 1840 g/mol. The molecule has 2 saturated heterocycles. The third-order valence-corrected chi connectivity index (χ3v) is 23.0. The molecule has 40 nitrogen and oxygen atoms in total. The van der Waals surface area contributed by atoms with E-state index < -0.39 is 254 Å². The van der Waals surface area contributed by atoms with Crippen LogP contribution < -0.4 is 79.0 Å². The molecule has 0 spiro atoms. The maximum atomic E-state index is 16.4. The highest BCUT2D eigenvalue weighted by Gasteiger charge is 2.52. The quantitative estimate of drug-likeness (QED) is 0.0304. The van der Waals surface area contributed by atoms with E-state index in [-0.39, 0.29) is 84.8 Å². The van der Waals surface area contributed by atoms with Crippen molar-refractivity contribution in [1.82, 2.24) is 57.6 Å². The van der Waals surface area contributed by atoms with Gasteiger partial charge in [-0.1, -0.05) is 84.5 Å². The van der Waals surface area contributed by atoms with Crippen LogP contribution in [0.1, 0.15) is 111 Å². The highest BCUT2D eigenvalue weighted by Crippen LogP contribution is 2.50. The molecule has 2 fully saturated rings. The van der Waals surface area contributed by atoms with Gasteiger partial charge < -0.3 is 133 Å². The van der Waals surface area contributed by atoms with E-state index in [4.69, 9.17) is 90.1 Å². The van der Waals surface area contributed by atoms with Gasteiger partial charge in [0.05, 0.1) is 71.0 Å². The molecule has 11 bridgehead atoms. The summed E-state index contributed by atoms with van der Waals surface area (Å²) in [5, 5.41) is 130. The minimum atomic E-state index is -2.40. The molecule has 7 aliphatic heterocycles. The summed E-state index contributed by atoms with van der Waals surface area (Å²) in [5.74, 6) is -16.2. The first-order valence-corrected chi connectivity index (χ1v) is 41.3. The van der Waals surface area contributed by atoms with Crippen molar-refractivity contribution in [3.63, 3.8) is 0 Å². The largest absolute Gasteiger partial charge is 0.508 e. The Morgan fingerprint density at radius 2 is 1.36 bits per heavy atom. The lowest BCUT2D eigenvalue weighted by Crippen LogP contribution is -2.65. The zero-order chi connectivity index (χ0) is 91.9. The molecule has 1 aromatic heterocycles. The molecule has 7 aromatic rings. The Hall–Kier alpha value is -11.1. The number of hydrogen-bond donors (Lipinski definition) is 20. The Balaban J connectivity index is 0.997. The van der Waals surface area contributed by atoms with Gasteiger partial charge >= 0.3 is 5.69 Å². The third-order valence-electron chi connectivity index (χ3n) is 21.7. The van der Waals surface area contributed by atoms with E-state index >= 15 is 24.0 Å². The molecule has 18 atom stereocenters. The summed E-state index contributed by atoms with van der Waals surface area (Å²) >= 11 is 26.6. The van der Waals surface area contributed by atoms with E-state index in [1.54, 1.807) is 13.0 Å². The van der Waals surface area contributed by atoms with Crippen LogP contribution in [0.4, 0.5) is 5.82 Å². The summed E-state index contributed by atoms with van der Waals surface area (Å²) in [4.78, 5) is 156. The van der Waals surface area contributed by atoms with Crippen molar-refractivity contribution in [3.05, 3.63) is 173 Å².